The molecule has 0 radical (unpaired) electrons. The standard InChI is InChI=1S/C24H27FN4O3/c1-31-20-8-6-18(7-9-20)12-29-14-21(32-17-19-4-2-3-5-22(19)25)13-28(16-24(29)30)15-23-26-10-11-27-23/h2-11,21H,12-17H2,1H3,(H,26,27). The van der Waals surface area contributed by atoms with E-state index < -0.39 is 0 Å². The number of benzene rings is 2. The number of aromatic amines is 1. The smallest absolute Gasteiger partial charge is 0.237 e. The van der Waals surface area contributed by atoms with Crippen LogP contribution in [0.3, 0.4) is 0 Å². The first-order chi connectivity index (χ1) is 15.6. The Morgan fingerprint density at radius 2 is 1.94 bits per heavy atom. The quantitative estimate of drug-likeness (QED) is 0.586. The number of rotatable bonds is 8. The van der Waals surface area contributed by atoms with Crippen molar-refractivity contribution in [1.29, 1.82) is 0 Å². The molecule has 2 aromatic carbocycles. The molecule has 1 aromatic heterocycles. The lowest BCUT2D eigenvalue weighted by Gasteiger charge is -2.25. The average molecular weight is 439 g/mol. The number of methoxy groups -OCH3 is 1. The van der Waals surface area contributed by atoms with Crippen LogP contribution in [0.25, 0.3) is 0 Å². The molecule has 0 bridgehead atoms. The van der Waals surface area contributed by atoms with Crippen LogP contribution in [-0.2, 0) is 29.2 Å². The fourth-order valence-electron chi connectivity index (χ4n) is 3.80. The third kappa shape index (κ3) is 5.72. The van der Waals surface area contributed by atoms with Gasteiger partial charge in [0.1, 0.15) is 17.4 Å². The van der Waals surface area contributed by atoms with E-state index in [1.165, 1.54) is 6.07 Å². The van der Waals surface area contributed by atoms with Crippen LogP contribution in [-0.4, -0.2) is 58.5 Å². The van der Waals surface area contributed by atoms with Crippen molar-refractivity contribution in [2.75, 3.05) is 26.7 Å². The third-order valence-corrected chi connectivity index (χ3v) is 5.49. The second-order valence-corrected chi connectivity index (χ2v) is 7.85. The number of carbonyl (C=O) groups excluding carboxylic acids is 1. The summed E-state index contributed by atoms with van der Waals surface area (Å²) in [5.74, 6) is 1.28. The molecule has 1 N–H and O–H groups in total. The van der Waals surface area contributed by atoms with Crippen LogP contribution in [0.5, 0.6) is 5.75 Å². The molecule has 32 heavy (non-hydrogen) atoms. The molecule has 1 unspecified atom stereocenters. The van der Waals surface area contributed by atoms with Gasteiger partial charge in [-0.1, -0.05) is 30.3 Å². The minimum absolute atomic E-state index is 0.0179. The summed E-state index contributed by atoms with van der Waals surface area (Å²) in [6, 6.07) is 14.3. The molecule has 1 aliphatic rings. The van der Waals surface area contributed by atoms with Crippen LogP contribution in [0.4, 0.5) is 4.39 Å². The topological polar surface area (TPSA) is 70.7 Å². The second kappa shape index (κ2) is 10.4. The molecular formula is C24H27FN4O3. The van der Waals surface area contributed by atoms with Gasteiger partial charge in [-0.3, -0.25) is 9.69 Å². The molecule has 4 rings (SSSR count). The normalized spacial score (nSPS) is 17.4. The molecule has 168 valence electrons. The van der Waals surface area contributed by atoms with E-state index in [-0.39, 0.29) is 31.0 Å². The zero-order valence-electron chi connectivity index (χ0n) is 18.0. The second-order valence-electron chi connectivity index (χ2n) is 7.85. The summed E-state index contributed by atoms with van der Waals surface area (Å²) in [6.07, 6.45) is 3.18. The lowest BCUT2D eigenvalue weighted by molar-refractivity contribution is -0.132. The van der Waals surface area contributed by atoms with E-state index in [0.717, 1.165) is 17.1 Å². The van der Waals surface area contributed by atoms with Gasteiger partial charge in [-0.2, -0.15) is 0 Å². The van der Waals surface area contributed by atoms with E-state index >= 15 is 0 Å². The van der Waals surface area contributed by atoms with Crippen molar-refractivity contribution < 1.29 is 18.7 Å². The van der Waals surface area contributed by atoms with Crippen LogP contribution in [0.2, 0.25) is 0 Å². The third-order valence-electron chi connectivity index (χ3n) is 5.49. The van der Waals surface area contributed by atoms with Gasteiger partial charge in [0, 0.05) is 37.6 Å². The zero-order chi connectivity index (χ0) is 22.3. The molecule has 1 amide bonds. The molecule has 0 saturated carbocycles. The highest BCUT2D eigenvalue weighted by Gasteiger charge is 2.29. The Hall–Kier alpha value is -3.23. The molecule has 1 saturated heterocycles. The van der Waals surface area contributed by atoms with E-state index in [2.05, 4.69) is 9.97 Å². The van der Waals surface area contributed by atoms with Crippen molar-refractivity contribution in [3.8, 4) is 5.75 Å². The van der Waals surface area contributed by atoms with Gasteiger partial charge >= 0.3 is 0 Å². The Bertz CT molecular complexity index is 1010. The molecule has 2 heterocycles. The van der Waals surface area contributed by atoms with Crippen molar-refractivity contribution in [1.82, 2.24) is 19.8 Å². The summed E-state index contributed by atoms with van der Waals surface area (Å²) in [7, 11) is 1.62. The number of hydrogen-bond donors (Lipinski definition) is 1. The number of nitrogens with one attached hydrogen (secondary N) is 1. The van der Waals surface area contributed by atoms with Gasteiger partial charge in [-0.25, -0.2) is 9.37 Å². The Morgan fingerprint density at radius 1 is 1.12 bits per heavy atom. The van der Waals surface area contributed by atoms with Crippen LogP contribution < -0.4 is 4.74 Å². The molecule has 0 aliphatic carbocycles. The Morgan fingerprint density at radius 3 is 2.66 bits per heavy atom. The van der Waals surface area contributed by atoms with Crippen molar-refractivity contribution in [3.05, 3.63) is 83.7 Å². The van der Waals surface area contributed by atoms with E-state index in [9.17, 15) is 9.18 Å². The molecule has 0 spiro atoms. The fourth-order valence-corrected chi connectivity index (χ4v) is 3.80. The lowest BCUT2D eigenvalue weighted by atomic mass is 10.2. The van der Waals surface area contributed by atoms with Gasteiger partial charge < -0.3 is 19.4 Å². The number of halogens is 1. The SMILES string of the molecule is COc1ccc(CN2CC(OCc3ccccc3F)CN(Cc3ncc[nH]3)CC2=O)cc1. The lowest BCUT2D eigenvalue weighted by Crippen LogP contribution is -2.37. The number of hydrogen-bond acceptors (Lipinski definition) is 5. The van der Waals surface area contributed by atoms with Crippen LogP contribution in [0, 0.1) is 5.82 Å². The van der Waals surface area contributed by atoms with Gasteiger partial charge in [0.05, 0.1) is 32.9 Å². The largest absolute Gasteiger partial charge is 0.497 e. The first-order valence-electron chi connectivity index (χ1n) is 10.6. The van der Waals surface area contributed by atoms with Gasteiger partial charge in [0.25, 0.3) is 0 Å². The van der Waals surface area contributed by atoms with Gasteiger partial charge in [0.2, 0.25) is 5.91 Å². The molecular weight excluding hydrogens is 411 g/mol. The Labute approximate surface area is 186 Å². The van der Waals surface area contributed by atoms with Crippen molar-refractivity contribution in [3.63, 3.8) is 0 Å². The van der Waals surface area contributed by atoms with E-state index in [0.29, 0.717) is 31.7 Å². The number of H-pyrrole nitrogens is 1. The van der Waals surface area contributed by atoms with Crippen molar-refractivity contribution in [2.45, 2.75) is 25.8 Å². The summed E-state index contributed by atoms with van der Waals surface area (Å²) in [6.45, 7) is 2.35. The first kappa shape index (κ1) is 22.0. The number of nitrogens with zero attached hydrogens (tertiary/aromatic N) is 3. The fraction of sp³-hybridized carbons (Fsp3) is 0.333. The average Bonchev–Trinajstić information content (AvgIpc) is 3.26. The van der Waals surface area contributed by atoms with Gasteiger partial charge in [-0.15, -0.1) is 0 Å². The zero-order valence-corrected chi connectivity index (χ0v) is 18.0. The van der Waals surface area contributed by atoms with E-state index in [1.54, 1.807) is 42.6 Å². The minimum Gasteiger partial charge on any atom is -0.497 e. The molecule has 1 fully saturated rings. The molecule has 3 aromatic rings. The predicted octanol–water partition coefficient (Wildman–Crippen LogP) is 2.99. The summed E-state index contributed by atoms with van der Waals surface area (Å²) < 4.78 is 25.4. The summed E-state index contributed by atoms with van der Waals surface area (Å²) in [4.78, 5) is 24.2. The van der Waals surface area contributed by atoms with E-state index in [1.807, 2.05) is 29.2 Å². The maximum atomic E-state index is 14.1. The number of amides is 1. The molecule has 8 heteroatoms. The number of carbonyl (C=O) groups is 1. The van der Waals surface area contributed by atoms with Gasteiger partial charge in [0.15, 0.2) is 0 Å². The van der Waals surface area contributed by atoms with Crippen LogP contribution in [0.1, 0.15) is 17.0 Å². The maximum Gasteiger partial charge on any atom is 0.237 e. The highest BCUT2D eigenvalue weighted by molar-refractivity contribution is 5.78. The summed E-state index contributed by atoms with van der Waals surface area (Å²) in [5, 5.41) is 0. The Balaban J connectivity index is 1.48. The monoisotopic (exact) mass is 438 g/mol. The molecule has 7 nitrogen and oxygen atoms in total. The Kier molecular flexibility index (Phi) is 7.14. The maximum absolute atomic E-state index is 14.1. The predicted molar refractivity (Wildman–Crippen MR) is 117 cm³/mol. The summed E-state index contributed by atoms with van der Waals surface area (Å²) in [5.41, 5.74) is 1.51. The number of aromatic nitrogens is 2. The summed E-state index contributed by atoms with van der Waals surface area (Å²) >= 11 is 0. The number of imidazole rings is 1. The van der Waals surface area contributed by atoms with E-state index in [4.69, 9.17) is 9.47 Å². The molecule has 1 atom stereocenters. The minimum atomic E-state index is -0.292. The van der Waals surface area contributed by atoms with Crippen LogP contribution >= 0.6 is 0 Å². The van der Waals surface area contributed by atoms with Crippen molar-refractivity contribution in [2.24, 2.45) is 0 Å². The van der Waals surface area contributed by atoms with Crippen LogP contribution in [0.15, 0.2) is 60.9 Å². The number of ether oxygens (including phenoxy) is 2. The first-order valence-corrected chi connectivity index (χ1v) is 10.6. The van der Waals surface area contributed by atoms with Crippen molar-refractivity contribution >= 4 is 5.91 Å². The molecule has 1 aliphatic heterocycles. The highest BCUT2D eigenvalue weighted by atomic mass is 19.1. The van der Waals surface area contributed by atoms with Gasteiger partial charge in [-0.05, 0) is 23.8 Å². The highest BCUT2D eigenvalue weighted by Crippen LogP contribution is 2.18.